The Kier molecular flexibility index (Phi) is 4.36. The van der Waals surface area contributed by atoms with Crippen LogP contribution < -0.4 is 0 Å². The maximum Gasteiger partial charge on any atom is 0.217 e. The van der Waals surface area contributed by atoms with E-state index in [9.17, 15) is 16.8 Å². The Morgan fingerprint density at radius 2 is 1.56 bits per heavy atom. The van der Waals surface area contributed by atoms with Gasteiger partial charge in [-0.1, -0.05) is 13.8 Å². The van der Waals surface area contributed by atoms with Crippen molar-refractivity contribution in [3.05, 3.63) is 0 Å². The van der Waals surface area contributed by atoms with E-state index in [1.54, 1.807) is 13.8 Å². The minimum atomic E-state index is -3.31. The Labute approximate surface area is 97.8 Å². The molecule has 1 saturated heterocycles. The largest absolute Gasteiger partial charge is 0.229 e. The lowest BCUT2D eigenvalue weighted by atomic mass is 10.2. The van der Waals surface area contributed by atoms with Gasteiger partial charge >= 0.3 is 0 Å². The first-order chi connectivity index (χ1) is 7.33. The SMILES string of the molecule is CCN(CC)S(=O)(=O)C1CCS(=O)(=O)CC1. The summed E-state index contributed by atoms with van der Waals surface area (Å²) in [6, 6.07) is 0. The first-order valence-electron chi connectivity index (χ1n) is 5.53. The molecule has 0 unspecified atom stereocenters. The molecule has 0 spiro atoms. The summed E-state index contributed by atoms with van der Waals surface area (Å²) >= 11 is 0. The zero-order valence-corrected chi connectivity index (χ0v) is 11.3. The molecule has 1 fully saturated rings. The topological polar surface area (TPSA) is 71.5 Å². The molecule has 0 aliphatic carbocycles. The van der Waals surface area contributed by atoms with Crippen molar-refractivity contribution in [1.29, 1.82) is 0 Å². The van der Waals surface area contributed by atoms with Crippen molar-refractivity contribution in [1.82, 2.24) is 4.31 Å². The molecular formula is C9H19NO4S2. The van der Waals surface area contributed by atoms with Crippen LogP contribution in [0.3, 0.4) is 0 Å². The van der Waals surface area contributed by atoms with Crippen LogP contribution in [0.5, 0.6) is 0 Å². The van der Waals surface area contributed by atoms with Crippen LogP contribution in [-0.2, 0) is 19.9 Å². The average molecular weight is 269 g/mol. The third-order valence-electron chi connectivity index (χ3n) is 2.99. The fourth-order valence-corrected chi connectivity index (χ4v) is 5.72. The van der Waals surface area contributed by atoms with Crippen molar-refractivity contribution in [3.63, 3.8) is 0 Å². The van der Waals surface area contributed by atoms with E-state index in [-0.39, 0.29) is 24.3 Å². The van der Waals surface area contributed by atoms with Crippen LogP contribution in [0.1, 0.15) is 26.7 Å². The first kappa shape index (κ1) is 13.9. The number of hydrogen-bond donors (Lipinski definition) is 0. The van der Waals surface area contributed by atoms with Crippen LogP contribution in [0, 0.1) is 0 Å². The van der Waals surface area contributed by atoms with E-state index in [0.29, 0.717) is 13.1 Å². The zero-order valence-electron chi connectivity index (χ0n) is 9.72. The molecule has 1 aliphatic rings. The molecule has 0 amide bonds. The molecular weight excluding hydrogens is 250 g/mol. The number of sulfone groups is 1. The van der Waals surface area contributed by atoms with Gasteiger partial charge in [-0.25, -0.2) is 21.1 Å². The van der Waals surface area contributed by atoms with Crippen molar-refractivity contribution in [3.8, 4) is 0 Å². The van der Waals surface area contributed by atoms with E-state index in [2.05, 4.69) is 0 Å². The molecule has 1 rings (SSSR count). The van der Waals surface area contributed by atoms with Crippen LogP contribution in [0.2, 0.25) is 0 Å². The lowest BCUT2D eigenvalue weighted by molar-refractivity contribution is 0.430. The quantitative estimate of drug-likeness (QED) is 0.732. The van der Waals surface area contributed by atoms with Crippen molar-refractivity contribution in [2.45, 2.75) is 31.9 Å². The Morgan fingerprint density at radius 3 is 1.94 bits per heavy atom. The van der Waals surface area contributed by atoms with Gasteiger partial charge < -0.3 is 0 Å². The molecule has 1 aliphatic heterocycles. The number of rotatable bonds is 4. The predicted molar refractivity (Wildman–Crippen MR) is 63.5 cm³/mol. The molecule has 16 heavy (non-hydrogen) atoms. The van der Waals surface area contributed by atoms with E-state index in [1.165, 1.54) is 4.31 Å². The molecule has 0 aromatic carbocycles. The Balaban J connectivity index is 2.80. The lowest BCUT2D eigenvalue weighted by Crippen LogP contribution is -2.42. The van der Waals surface area contributed by atoms with Crippen LogP contribution in [-0.4, -0.2) is 51.0 Å². The minimum Gasteiger partial charge on any atom is -0.229 e. The average Bonchev–Trinajstić information content (AvgIpc) is 2.18. The molecule has 0 aromatic heterocycles. The smallest absolute Gasteiger partial charge is 0.217 e. The summed E-state index contributed by atoms with van der Waals surface area (Å²) in [4.78, 5) is 0. The van der Waals surface area contributed by atoms with E-state index >= 15 is 0 Å². The standard InChI is InChI=1S/C9H19NO4S2/c1-3-10(4-2)16(13,14)9-5-7-15(11,12)8-6-9/h9H,3-8H2,1-2H3. The molecule has 7 heteroatoms. The third kappa shape index (κ3) is 2.95. The molecule has 1 heterocycles. The van der Waals surface area contributed by atoms with Gasteiger partial charge in [0.05, 0.1) is 16.8 Å². The monoisotopic (exact) mass is 269 g/mol. The highest BCUT2D eigenvalue weighted by Crippen LogP contribution is 2.22. The summed E-state index contributed by atoms with van der Waals surface area (Å²) in [7, 11) is -6.30. The van der Waals surface area contributed by atoms with E-state index in [0.717, 1.165) is 0 Å². The lowest BCUT2D eigenvalue weighted by Gasteiger charge is -2.27. The molecule has 96 valence electrons. The zero-order chi connectivity index (χ0) is 12.4. The fraction of sp³-hybridized carbons (Fsp3) is 1.00. The van der Waals surface area contributed by atoms with Gasteiger partial charge in [0.2, 0.25) is 10.0 Å². The second kappa shape index (κ2) is 5.01. The van der Waals surface area contributed by atoms with Crippen molar-refractivity contribution < 1.29 is 16.8 Å². The summed E-state index contributed by atoms with van der Waals surface area (Å²) in [5, 5.41) is -0.518. The summed E-state index contributed by atoms with van der Waals surface area (Å²) in [6.07, 6.45) is 0.475. The maximum absolute atomic E-state index is 12.1. The summed E-state index contributed by atoms with van der Waals surface area (Å²) in [5.41, 5.74) is 0. The Bertz CT molecular complexity index is 408. The molecule has 0 saturated carbocycles. The van der Waals surface area contributed by atoms with E-state index < -0.39 is 25.1 Å². The van der Waals surface area contributed by atoms with Gasteiger partial charge in [-0.05, 0) is 12.8 Å². The molecule has 5 nitrogen and oxygen atoms in total. The Morgan fingerprint density at radius 1 is 1.12 bits per heavy atom. The van der Waals surface area contributed by atoms with Crippen LogP contribution >= 0.6 is 0 Å². The number of nitrogens with zero attached hydrogens (tertiary/aromatic N) is 1. The van der Waals surface area contributed by atoms with Crippen molar-refractivity contribution in [2.24, 2.45) is 0 Å². The highest BCUT2D eigenvalue weighted by molar-refractivity contribution is 7.92. The molecule has 0 aromatic rings. The number of sulfonamides is 1. The summed E-state index contributed by atoms with van der Waals surface area (Å²) < 4.78 is 48.0. The Hall–Kier alpha value is -0.140. The second-order valence-corrected chi connectivity index (χ2v) is 8.50. The van der Waals surface area contributed by atoms with Gasteiger partial charge in [-0.2, -0.15) is 0 Å². The molecule has 0 N–H and O–H groups in total. The minimum absolute atomic E-state index is 0.00182. The normalized spacial score (nSPS) is 22.4. The van der Waals surface area contributed by atoms with Gasteiger partial charge in [0.15, 0.2) is 0 Å². The molecule has 0 atom stereocenters. The second-order valence-electron chi connectivity index (χ2n) is 3.98. The van der Waals surface area contributed by atoms with Gasteiger partial charge in [-0.3, -0.25) is 0 Å². The maximum atomic E-state index is 12.1. The van der Waals surface area contributed by atoms with Crippen LogP contribution in [0.4, 0.5) is 0 Å². The first-order valence-corrected chi connectivity index (χ1v) is 8.85. The third-order valence-corrected chi connectivity index (χ3v) is 7.25. The van der Waals surface area contributed by atoms with Gasteiger partial charge in [0, 0.05) is 13.1 Å². The van der Waals surface area contributed by atoms with Crippen molar-refractivity contribution >= 4 is 19.9 Å². The van der Waals surface area contributed by atoms with Gasteiger partial charge in [0.25, 0.3) is 0 Å². The van der Waals surface area contributed by atoms with Gasteiger partial charge in [0.1, 0.15) is 9.84 Å². The van der Waals surface area contributed by atoms with Crippen molar-refractivity contribution in [2.75, 3.05) is 24.6 Å². The summed E-state index contributed by atoms with van der Waals surface area (Å²) in [6.45, 7) is 4.48. The summed E-state index contributed by atoms with van der Waals surface area (Å²) in [5.74, 6) is -0.00364. The number of hydrogen-bond acceptors (Lipinski definition) is 4. The van der Waals surface area contributed by atoms with Crippen LogP contribution in [0.25, 0.3) is 0 Å². The highest BCUT2D eigenvalue weighted by atomic mass is 32.2. The van der Waals surface area contributed by atoms with Crippen LogP contribution in [0.15, 0.2) is 0 Å². The van der Waals surface area contributed by atoms with E-state index in [1.807, 2.05) is 0 Å². The predicted octanol–water partition coefficient (Wildman–Crippen LogP) is 0.235. The van der Waals surface area contributed by atoms with E-state index in [4.69, 9.17) is 0 Å². The molecule has 0 bridgehead atoms. The van der Waals surface area contributed by atoms with Gasteiger partial charge in [-0.15, -0.1) is 0 Å². The highest BCUT2D eigenvalue weighted by Gasteiger charge is 2.35. The fourth-order valence-electron chi connectivity index (χ4n) is 1.96. The molecule has 0 radical (unpaired) electrons.